The van der Waals surface area contributed by atoms with Crippen molar-refractivity contribution in [1.82, 2.24) is 9.78 Å². The molecule has 0 spiro atoms. The highest BCUT2D eigenvalue weighted by atomic mass is 16.5. The van der Waals surface area contributed by atoms with Gasteiger partial charge in [-0.15, -0.1) is 0 Å². The topological polar surface area (TPSA) is 56.1 Å². The molecule has 1 aliphatic carbocycles. The van der Waals surface area contributed by atoms with Crippen molar-refractivity contribution in [3.8, 4) is 0 Å². The molecule has 0 radical (unpaired) electrons. The maximum Gasteiger partial charge on any atom is 0.230 e. The van der Waals surface area contributed by atoms with E-state index in [4.69, 9.17) is 4.74 Å². The summed E-state index contributed by atoms with van der Waals surface area (Å²) in [5, 5.41) is 7.59. The maximum atomic E-state index is 12.6. The molecule has 1 aromatic rings. The standard InChI is InChI=1S/C17H27N3O2/c1-3-16-14(9-6-10-22-16)17(21)19-15-11-18-20(12(15)2)13-7-4-5-8-13/h11,13-14,16H,3-10H2,1-2H3,(H,19,21)/t14-,16+/m0/s1. The Bertz CT molecular complexity index is 520. The smallest absolute Gasteiger partial charge is 0.230 e. The zero-order valence-corrected chi connectivity index (χ0v) is 13.7. The Morgan fingerprint density at radius 3 is 2.86 bits per heavy atom. The molecule has 22 heavy (non-hydrogen) atoms. The third-order valence-corrected chi connectivity index (χ3v) is 5.15. The van der Waals surface area contributed by atoms with Crippen LogP contribution < -0.4 is 5.32 Å². The minimum Gasteiger partial charge on any atom is -0.377 e. The molecule has 5 heteroatoms. The van der Waals surface area contributed by atoms with Gasteiger partial charge in [-0.25, -0.2) is 0 Å². The first kappa shape index (κ1) is 15.5. The summed E-state index contributed by atoms with van der Waals surface area (Å²) >= 11 is 0. The number of rotatable bonds is 4. The molecule has 0 bridgehead atoms. The van der Waals surface area contributed by atoms with E-state index in [1.54, 1.807) is 6.20 Å². The lowest BCUT2D eigenvalue weighted by atomic mass is 9.92. The Morgan fingerprint density at radius 2 is 2.14 bits per heavy atom. The number of aromatic nitrogens is 2. The number of carbonyl (C=O) groups is 1. The van der Waals surface area contributed by atoms with Crippen LogP contribution in [0.4, 0.5) is 5.69 Å². The van der Waals surface area contributed by atoms with E-state index in [0.29, 0.717) is 6.04 Å². The molecule has 5 nitrogen and oxygen atoms in total. The number of anilines is 1. The van der Waals surface area contributed by atoms with Gasteiger partial charge in [0.05, 0.1) is 35.6 Å². The predicted octanol–water partition coefficient (Wildman–Crippen LogP) is 3.45. The van der Waals surface area contributed by atoms with Crippen LogP contribution in [0.5, 0.6) is 0 Å². The highest BCUT2D eigenvalue weighted by Gasteiger charge is 2.31. The first-order valence-electron chi connectivity index (χ1n) is 8.67. The second-order valence-electron chi connectivity index (χ2n) is 6.58. The molecular weight excluding hydrogens is 278 g/mol. The molecule has 0 aromatic carbocycles. The van der Waals surface area contributed by atoms with Gasteiger partial charge in [-0.3, -0.25) is 9.48 Å². The monoisotopic (exact) mass is 305 g/mol. The van der Waals surface area contributed by atoms with Crippen molar-refractivity contribution >= 4 is 11.6 Å². The fourth-order valence-corrected chi connectivity index (χ4v) is 3.83. The zero-order valence-electron chi connectivity index (χ0n) is 13.7. The molecule has 122 valence electrons. The highest BCUT2D eigenvalue weighted by molar-refractivity contribution is 5.93. The largest absolute Gasteiger partial charge is 0.377 e. The fraction of sp³-hybridized carbons (Fsp3) is 0.765. The number of carbonyl (C=O) groups excluding carboxylic acids is 1. The van der Waals surface area contributed by atoms with Crippen molar-refractivity contribution in [2.75, 3.05) is 11.9 Å². The van der Waals surface area contributed by atoms with Crippen LogP contribution in [0, 0.1) is 12.8 Å². The number of hydrogen-bond acceptors (Lipinski definition) is 3. The number of ether oxygens (including phenoxy) is 1. The Labute approximate surface area is 132 Å². The van der Waals surface area contributed by atoms with Crippen molar-refractivity contribution < 1.29 is 9.53 Å². The van der Waals surface area contributed by atoms with Gasteiger partial charge in [-0.2, -0.15) is 5.10 Å². The van der Waals surface area contributed by atoms with Crippen LogP contribution in [-0.2, 0) is 9.53 Å². The predicted molar refractivity (Wildman–Crippen MR) is 85.9 cm³/mol. The van der Waals surface area contributed by atoms with Crippen molar-refractivity contribution in [2.45, 2.75) is 70.9 Å². The fourth-order valence-electron chi connectivity index (χ4n) is 3.83. The Kier molecular flexibility index (Phi) is 4.81. The van der Waals surface area contributed by atoms with Crippen LogP contribution >= 0.6 is 0 Å². The number of hydrogen-bond donors (Lipinski definition) is 1. The van der Waals surface area contributed by atoms with E-state index in [-0.39, 0.29) is 17.9 Å². The Hall–Kier alpha value is -1.36. The van der Waals surface area contributed by atoms with Gasteiger partial charge in [0.2, 0.25) is 5.91 Å². The average Bonchev–Trinajstić information content (AvgIpc) is 3.18. The summed E-state index contributed by atoms with van der Waals surface area (Å²) in [6.45, 7) is 4.91. The van der Waals surface area contributed by atoms with E-state index in [1.807, 2.05) is 0 Å². The van der Waals surface area contributed by atoms with E-state index in [9.17, 15) is 4.79 Å². The van der Waals surface area contributed by atoms with Crippen molar-refractivity contribution in [3.05, 3.63) is 11.9 Å². The molecule has 1 saturated carbocycles. The summed E-state index contributed by atoms with van der Waals surface area (Å²) in [7, 11) is 0. The molecule has 2 atom stereocenters. The van der Waals surface area contributed by atoms with Crippen LogP contribution in [-0.4, -0.2) is 28.4 Å². The molecule has 1 aromatic heterocycles. The summed E-state index contributed by atoms with van der Waals surface area (Å²) in [6.07, 6.45) is 9.59. The Morgan fingerprint density at radius 1 is 1.36 bits per heavy atom. The molecule has 1 amide bonds. The van der Waals surface area contributed by atoms with Crippen LogP contribution in [0.25, 0.3) is 0 Å². The van der Waals surface area contributed by atoms with Gasteiger partial charge in [0.1, 0.15) is 0 Å². The molecule has 3 rings (SSSR count). The molecule has 0 unspecified atom stereocenters. The molecular formula is C17H27N3O2. The first-order valence-corrected chi connectivity index (χ1v) is 8.67. The van der Waals surface area contributed by atoms with Crippen LogP contribution in [0.15, 0.2) is 6.20 Å². The Balaban J connectivity index is 1.68. The van der Waals surface area contributed by atoms with Crippen molar-refractivity contribution in [1.29, 1.82) is 0 Å². The van der Waals surface area contributed by atoms with Crippen LogP contribution in [0.2, 0.25) is 0 Å². The average molecular weight is 305 g/mol. The quantitative estimate of drug-likeness (QED) is 0.927. The molecule has 2 aliphatic rings. The van der Waals surface area contributed by atoms with Gasteiger partial charge in [-0.1, -0.05) is 19.8 Å². The lowest BCUT2D eigenvalue weighted by Gasteiger charge is -2.30. The van der Waals surface area contributed by atoms with E-state index in [0.717, 1.165) is 37.3 Å². The minimum atomic E-state index is -0.0343. The van der Waals surface area contributed by atoms with Gasteiger partial charge in [0.25, 0.3) is 0 Å². The summed E-state index contributed by atoms with van der Waals surface area (Å²) in [5.74, 6) is 0.0496. The maximum absolute atomic E-state index is 12.6. The summed E-state index contributed by atoms with van der Waals surface area (Å²) in [4.78, 5) is 12.6. The lowest BCUT2D eigenvalue weighted by molar-refractivity contribution is -0.129. The van der Waals surface area contributed by atoms with E-state index >= 15 is 0 Å². The minimum absolute atomic E-state index is 0.0343. The van der Waals surface area contributed by atoms with Gasteiger partial charge in [-0.05, 0) is 39.0 Å². The molecule has 2 fully saturated rings. The third-order valence-electron chi connectivity index (χ3n) is 5.15. The number of nitrogens with zero attached hydrogens (tertiary/aromatic N) is 2. The molecule has 2 heterocycles. The SMILES string of the molecule is CC[C@H]1OCCC[C@@H]1C(=O)Nc1cnn(C2CCCC2)c1C. The lowest BCUT2D eigenvalue weighted by Crippen LogP contribution is -2.37. The summed E-state index contributed by atoms with van der Waals surface area (Å²) in [6, 6.07) is 0.507. The number of nitrogens with one attached hydrogen (secondary N) is 1. The zero-order chi connectivity index (χ0) is 15.5. The highest BCUT2D eigenvalue weighted by Crippen LogP contribution is 2.32. The van der Waals surface area contributed by atoms with Gasteiger partial charge in [0, 0.05) is 6.61 Å². The normalized spacial score (nSPS) is 26.3. The van der Waals surface area contributed by atoms with Crippen LogP contribution in [0.1, 0.15) is 63.6 Å². The van der Waals surface area contributed by atoms with E-state index in [2.05, 4.69) is 28.9 Å². The van der Waals surface area contributed by atoms with Gasteiger partial charge >= 0.3 is 0 Å². The number of amides is 1. The summed E-state index contributed by atoms with van der Waals surface area (Å²) in [5.41, 5.74) is 1.93. The second-order valence-corrected chi connectivity index (χ2v) is 6.58. The molecule has 1 aliphatic heterocycles. The molecule has 1 saturated heterocycles. The second kappa shape index (κ2) is 6.82. The van der Waals surface area contributed by atoms with E-state index < -0.39 is 0 Å². The van der Waals surface area contributed by atoms with Gasteiger partial charge in [0.15, 0.2) is 0 Å². The third kappa shape index (κ3) is 3.05. The first-order chi connectivity index (χ1) is 10.7. The van der Waals surface area contributed by atoms with Crippen molar-refractivity contribution in [3.63, 3.8) is 0 Å². The van der Waals surface area contributed by atoms with Crippen LogP contribution in [0.3, 0.4) is 0 Å². The van der Waals surface area contributed by atoms with E-state index in [1.165, 1.54) is 25.7 Å². The summed E-state index contributed by atoms with van der Waals surface area (Å²) < 4.78 is 7.83. The van der Waals surface area contributed by atoms with Gasteiger partial charge < -0.3 is 10.1 Å². The molecule has 1 N–H and O–H groups in total. The van der Waals surface area contributed by atoms with Crippen molar-refractivity contribution in [2.24, 2.45) is 5.92 Å².